The van der Waals surface area contributed by atoms with Gasteiger partial charge in [0.2, 0.25) is 0 Å². The molecule has 6 nitrogen and oxygen atoms in total. The predicted octanol–water partition coefficient (Wildman–Crippen LogP) is 4.82. The molecule has 0 fully saturated rings. The van der Waals surface area contributed by atoms with Gasteiger partial charge in [-0.3, -0.25) is 4.98 Å². The second kappa shape index (κ2) is 8.49. The third kappa shape index (κ3) is 5.20. The molecule has 0 aliphatic heterocycles. The summed E-state index contributed by atoms with van der Waals surface area (Å²) in [5.74, 6) is -1.69. The van der Waals surface area contributed by atoms with Crippen LogP contribution in [0.3, 0.4) is 0 Å². The maximum atomic E-state index is 14.6. The van der Waals surface area contributed by atoms with Crippen LogP contribution in [0.5, 0.6) is 0 Å². The van der Waals surface area contributed by atoms with Gasteiger partial charge in [0.05, 0.1) is 16.8 Å². The van der Waals surface area contributed by atoms with Crippen molar-refractivity contribution in [3.8, 4) is 11.1 Å². The normalized spacial score (nSPS) is 11.6. The van der Waals surface area contributed by atoms with Gasteiger partial charge in [-0.05, 0) is 39.3 Å². The Bertz CT molecular complexity index is 1120. The van der Waals surface area contributed by atoms with Gasteiger partial charge in [0.25, 0.3) is 0 Å². The van der Waals surface area contributed by atoms with Gasteiger partial charge in [0, 0.05) is 47.1 Å². The van der Waals surface area contributed by atoms with E-state index < -0.39 is 23.3 Å². The summed E-state index contributed by atoms with van der Waals surface area (Å²) in [5, 5.41) is 15.5. The van der Waals surface area contributed by atoms with Crippen molar-refractivity contribution in [2.75, 3.05) is 11.9 Å². The van der Waals surface area contributed by atoms with E-state index >= 15 is 0 Å². The highest BCUT2D eigenvalue weighted by Gasteiger charge is 2.17. The van der Waals surface area contributed by atoms with E-state index in [0.29, 0.717) is 34.6 Å². The topological polar surface area (TPSA) is 87.1 Å². The molecule has 0 aliphatic rings. The fourth-order valence-electron chi connectivity index (χ4n) is 2.91. The lowest BCUT2D eigenvalue weighted by Crippen LogP contribution is -2.33. The number of aliphatic hydroxyl groups is 1. The Morgan fingerprint density at radius 2 is 1.90 bits per heavy atom. The average molecular weight is 435 g/mol. The van der Waals surface area contributed by atoms with Gasteiger partial charge >= 0.3 is 6.03 Å². The van der Waals surface area contributed by atoms with Gasteiger partial charge in [-0.25, -0.2) is 18.6 Å². The summed E-state index contributed by atoms with van der Waals surface area (Å²) in [6, 6.07) is 4.55. The molecule has 3 aromatic rings. The summed E-state index contributed by atoms with van der Waals surface area (Å²) in [4.78, 5) is 20.5. The minimum absolute atomic E-state index is 0.0880. The molecule has 0 spiro atoms. The molecule has 0 saturated heterocycles. The molecule has 0 bridgehead atoms. The first-order valence-electron chi connectivity index (χ1n) is 9.23. The number of hydrogen-bond donors (Lipinski definition) is 3. The first-order chi connectivity index (χ1) is 14.0. The summed E-state index contributed by atoms with van der Waals surface area (Å²) >= 11 is 5.89. The second-order valence-corrected chi connectivity index (χ2v) is 7.96. The number of benzene rings is 1. The van der Waals surface area contributed by atoms with Crippen molar-refractivity contribution in [2.45, 2.75) is 32.8 Å². The van der Waals surface area contributed by atoms with Crippen LogP contribution in [0, 0.1) is 18.6 Å². The van der Waals surface area contributed by atoms with Crippen LogP contribution in [0.2, 0.25) is 5.15 Å². The monoisotopic (exact) mass is 434 g/mol. The van der Waals surface area contributed by atoms with E-state index in [9.17, 15) is 18.7 Å². The molecule has 2 heterocycles. The number of carbonyl (C=O) groups excluding carboxylic acids is 1. The molecule has 9 heteroatoms. The van der Waals surface area contributed by atoms with Crippen LogP contribution in [-0.2, 0) is 0 Å². The second-order valence-electron chi connectivity index (χ2n) is 7.58. The van der Waals surface area contributed by atoms with Gasteiger partial charge < -0.3 is 15.7 Å². The number of amides is 2. The van der Waals surface area contributed by atoms with Gasteiger partial charge in [-0.15, -0.1) is 0 Å². The predicted molar refractivity (Wildman–Crippen MR) is 113 cm³/mol. The molecule has 0 aliphatic carbocycles. The Kier molecular flexibility index (Phi) is 6.19. The molecular formula is C21H21ClF2N4O2. The number of pyridine rings is 2. The van der Waals surface area contributed by atoms with E-state index in [1.807, 2.05) is 0 Å². The maximum Gasteiger partial charge on any atom is 0.319 e. The fraction of sp³-hybridized carbons (Fsp3) is 0.286. The van der Waals surface area contributed by atoms with Crippen molar-refractivity contribution in [3.63, 3.8) is 0 Å². The number of aromatic nitrogens is 2. The van der Waals surface area contributed by atoms with Crippen LogP contribution in [0.1, 0.15) is 26.0 Å². The Balaban J connectivity index is 1.90. The van der Waals surface area contributed by atoms with Crippen LogP contribution in [0.4, 0.5) is 19.3 Å². The van der Waals surface area contributed by atoms with E-state index in [1.54, 1.807) is 32.9 Å². The highest BCUT2D eigenvalue weighted by molar-refractivity contribution is 6.30. The average Bonchev–Trinajstić information content (AvgIpc) is 2.62. The van der Waals surface area contributed by atoms with Crippen molar-refractivity contribution < 1.29 is 18.7 Å². The number of nitrogens with zero attached hydrogens (tertiary/aromatic N) is 2. The number of rotatable bonds is 5. The van der Waals surface area contributed by atoms with Crippen molar-refractivity contribution >= 4 is 34.2 Å². The Morgan fingerprint density at radius 3 is 2.60 bits per heavy atom. The molecule has 158 valence electrons. The number of fused-ring (bicyclic) bond motifs is 1. The van der Waals surface area contributed by atoms with Gasteiger partial charge in [-0.2, -0.15) is 0 Å². The Morgan fingerprint density at radius 1 is 1.17 bits per heavy atom. The molecule has 0 saturated carbocycles. The Hall–Kier alpha value is -2.84. The van der Waals surface area contributed by atoms with E-state index in [1.165, 1.54) is 12.3 Å². The van der Waals surface area contributed by atoms with Crippen molar-refractivity contribution in [2.24, 2.45) is 0 Å². The van der Waals surface area contributed by atoms with Gasteiger partial charge in [-0.1, -0.05) is 11.6 Å². The first-order valence-corrected chi connectivity index (χ1v) is 9.61. The van der Waals surface area contributed by atoms with Crippen molar-refractivity contribution in [1.82, 2.24) is 15.3 Å². The van der Waals surface area contributed by atoms with E-state index in [2.05, 4.69) is 20.6 Å². The molecule has 30 heavy (non-hydrogen) atoms. The minimum atomic E-state index is -0.943. The molecule has 3 N–H and O–H groups in total. The van der Waals surface area contributed by atoms with E-state index in [0.717, 1.165) is 0 Å². The van der Waals surface area contributed by atoms with Crippen LogP contribution in [0.15, 0.2) is 30.5 Å². The van der Waals surface area contributed by atoms with Crippen LogP contribution >= 0.6 is 11.6 Å². The zero-order valence-corrected chi connectivity index (χ0v) is 17.4. The maximum absolute atomic E-state index is 14.6. The standard InChI is InChI=1S/C21H21ClF2N4O2/c1-11-13(6-12-10-26-19(22)9-17(12)27-11)14-7-18(16(24)8-15(14)23)28-20(29)25-5-4-21(2,3)30/h6-10,30H,4-5H2,1-3H3,(H2,25,28,29). The summed E-state index contributed by atoms with van der Waals surface area (Å²) < 4.78 is 28.8. The number of halogens is 3. The number of aryl methyl sites for hydroxylation is 1. The zero-order chi connectivity index (χ0) is 22.1. The fourth-order valence-corrected chi connectivity index (χ4v) is 3.06. The quantitative estimate of drug-likeness (QED) is 0.502. The lowest BCUT2D eigenvalue weighted by Gasteiger charge is -2.17. The molecule has 0 atom stereocenters. The van der Waals surface area contributed by atoms with Crippen LogP contribution in [-0.4, -0.2) is 33.3 Å². The van der Waals surface area contributed by atoms with Crippen molar-refractivity contribution in [1.29, 1.82) is 0 Å². The Labute approximate surface area is 177 Å². The summed E-state index contributed by atoms with van der Waals surface area (Å²) in [6.07, 6.45) is 1.84. The first kappa shape index (κ1) is 21.9. The molecular weight excluding hydrogens is 414 g/mol. The largest absolute Gasteiger partial charge is 0.390 e. The number of carbonyl (C=O) groups is 1. The SMILES string of the molecule is Cc1nc2cc(Cl)ncc2cc1-c1cc(NC(=O)NCCC(C)(C)O)c(F)cc1F. The summed E-state index contributed by atoms with van der Waals surface area (Å²) in [5.41, 5.74) is 0.515. The highest BCUT2D eigenvalue weighted by atomic mass is 35.5. The van der Waals surface area contributed by atoms with E-state index in [4.69, 9.17) is 11.6 Å². The minimum Gasteiger partial charge on any atom is -0.390 e. The van der Waals surface area contributed by atoms with E-state index in [-0.39, 0.29) is 22.9 Å². The molecule has 2 aromatic heterocycles. The molecule has 0 unspecified atom stereocenters. The molecule has 0 radical (unpaired) electrons. The van der Waals surface area contributed by atoms with Crippen LogP contribution < -0.4 is 10.6 Å². The third-order valence-electron chi connectivity index (χ3n) is 4.47. The highest BCUT2D eigenvalue weighted by Crippen LogP contribution is 2.32. The number of urea groups is 1. The van der Waals surface area contributed by atoms with Gasteiger partial charge in [0.1, 0.15) is 16.8 Å². The zero-order valence-electron chi connectivity index (χ0n) is 16.7. The number of nitrogens with one attached hydrogen (secondary N) is 2. The van der Waals surface area contributed by atoms with Gasteiger partial charge in [0.15, 0.2) is 0 Å². The summed E-state index contributed by atoms with van der Waals surface area (Å²) in [7, 11) is 0. The number of anilines is 1. The molecule has 1 aromatic carbocycles. The number of hydrogen-bond acceptors (Lipinski definition) is 4. The van der Waals surface area contributed by atoms with Crippen LogP contribution in [0.25, 0.3) is 22.0 Å². The summed E-state index contributed by atoms with van der Waals surface area (Å²) in [6.45, 7) is 5.11. The lowest BCUT2D eigenvalue weighted by molar-refractivity contribution is 0.0721. The lowest BCUT2D eigenvalue weighted by atomic mass is 10.0. The third-order valence-corrected chi connectivity index (χ3v) is 4.68. The smallest absolute Gasteiger partial charge is 0.319 e. The van der Waals surface area contributed by atoms with Crippen molar-refractivity contribution in [3.05, 3.63) is 52.9 Å². The molecule has 3 rings (SSSR count). The molecule has 2 amide bonds.